The van der Waals surface area contributed by atoms with E-state index in [0.29, 0.717) is 31.4 Å². The number of nitrogens with one attached hydrogen (secondary N) is 1. The Morgan fingerprint density at radius 1 is 1.61 bits per heavy atom. The number of carboxylic acid groups (broad SMARTS) is 1. The van der Waals surface area contributed by atoms with Crippen LogP contribution in [-0.4, -0.2) is 59.4 Å². The Labute approximate surface area is 110 Å². The van der Waals surface area contributed by atoms with Gasteiger partial charge in [0.2, 0.25) is 0 Å². The summed E-state index contributed by atoms with van der Waals surface area (Å²) in [6, 6.07) is -1.09. The van der Waals surface area contributed by atoms with E-state index >= 15 is 0 Å². The van der Waals surface area contributed by atoms with Gasteiger partial charge in [0.15, 0.2) is 0 Å². The van der Waals surface area contributed by atoms with Crippen LogP contribution >= 0.6 is 11.8 Å². The largest absolute Gasteiger partial charge is 0.480 e. The highest BCUT2D eigenvalue weighted by Gasteiger charge is 2.34. The Hall–Kier alpha value is -1.21. The average Bonchev–Trinajstić information content (AvgIpc) is 2.76. The van der Waals surface area contributed by atoms with E-state index in [1.165, 1.54) is 16.7 Å². The molecule has 0 aromatic rings. The van der Waals surface area contributed by atoms with Crippen LogP contribution in [0.2, 0.25) is 0 Å². The fourth-order valence-electron chi connectivity index (χ4n) is 1.43. The molecule has 0 aromatic heterocycles. The zero-order chi connectivity index (χ0) is 13.5. The Kier molecular flexibility index (Phi) is 6.00. The number of hydrogen-bond donors (Lipinski definition) is 2. The van der Waals surface area contributed by atoms with Gasteiger partial charge in [-0.25, -0.2) is 9.59 Å². The number of urea groups is 1. The highest BCUT2D eigenvalue weighted by atomic mass is 32.2. The third-order valence-corrected chi connectivity index (χ3v) is 3.31. The fraction of sp³-hybridized carbons (Fsp3) is 0.636. The van der Waals surface area contributed by atoms with Crippen molar-refractivity contribution in [1.82, 2.24) is 10.2 Å². The maximum atomic E-state index is 11.7. The van der Waals surface area contributed by atoms with Crippen molar-refractivity contribution in [3.63, 3.8) is 0 Å². The van der Waals surface area contributed by atoms with Crippen LogP contribution in [0.1, 0.15) is 6.92 Å². The Bertz CT molecular complexity index is 335. The number of ether oxygens (including phenoxy) is 1. The summed E-state index contributed by atoms with van der Waals surface area (Å²) in [6.45, 7) is 6.76. The Morgan fingerprint density at radius 3 is 2.94 bits per heavy atom. The minimum absolute atomic E-state index is 0.355. The molecule has 102 valence electrons. The number of nitrogens with zero attached hydrogens (tertiary/aromatic N) is 1. The van der Waals surface area contributed by atoms with E-state index in [1.54, 1.807) is 0 Å². The predicted molar refractivity (Wildman–Crippen MR) is 69.6 cm³/mol. The lowest BCUT2D eigenvalue weighted by Crippen LogP contribution is -2.47. The maximum absolute atomic E-state index is 11.7. The van der Waals surface area contributed by atoms with Gasteiger partial charge in [-0.3, -0.25) is 0 Å². The first-order valence-electron chi connectivity index (χ1n) is 5.59. The second-order valence-electron chi connectivity index (χ2n) is 4.07. The van der Waals surface area contributed by atoms with Crippen molar-refractivity contribution in [2.75, 3.05) is 31.4 Å². The van der Waals surface area contributed by atoms with Crippen molar-refractivity contribution in [3.8, 4) is 0 Å². The molecule has 0 spiro atoms. The number of carboxylic acids is 1. The van der Waals surface area contributed by atoms with Gasteiger partial charge in [0.05, 0.1) is 19.1 Å². The molecule has 1 atom stereocenters. The predicted octanol–water partition coefficient (Wildman–Crippen LogP) is 0.748. The van der Waals surface area contributed by atoms with Crippen molar-refractivity contribution in [2.45, 2.75) is 13.0 Å². The molecule has 1 rings (SSSR count). The molecule has 1 aliphatic rings. The van der Waals surface area contributed by atoms with Gasteiger partial charge in [-0.2, -0.15) is 0 Å². The van der Waals surface area contributed by atoms with Crippen LogP contribution in [0.15, 0.2) is 12.2 Å². The van der Waals surface area contributed by atoms with E-state index in [4.69, 9.17) is 9.84 Å². The van der Waals surface area contributed by atoms with Crippen LogP contribution in [-0.2, 0) is 9.53 Å². The first-order chi connectivity index (χ1) is 8.52. The zero-order valence-corrected chi connectivity index (χ0v) is 11.2. The van der Waals surface area contributed by atoms with Crippen LogP contribution in [0.25, 0.3) is 0 Å². The first-order valence-corrected chi connectivity index (χ1v) is 6.75. The minimum atomic E-state index is -0.964. The molecule has 0 radical (unpaired) electrons. The molecule has 0 aliphatic carbocycles. The van der Waals surface area contributed by atoms with Gasteiger partial charge in [0.1, 0.15) is 6.04 Å². The van der Waals surface area contributed by atoms with Gasteiger partial charge in [0, 0.05) is 12.3 Å². The lowest BCUT2D eigenvalue weighted by Gasteiger charge is -2.20. The second kappa shape index (κ2) is 7.27. The van der Waals surface area contributed by atoms with Crippen LogP contribution < -0.4 is 5.32 Å². The highest BCUT2D eigenvalue weighted by Crippen LogP contribution is 2.20. The molecule has 6 nitrogen and oxygen atoms in total. The number of amides is 2. The highest BCUT2D eigenvalue weighted by molar-refractivity contribution is 7.99. The van der Waals surface area contributed by atoms with E-state index in [1.807, 2.05) is 6.92 Å². The van der Waals surface area contributed by atoms with Crippen molar-refractivity contribution >= 4 is 23.8 Å². The molecular weight excluding hydrogens is 256 g/mol. The number of carbonyl (C=O) groups is 2. The van der Waals surface area contributed by atoms with E-state index in [0.717, 1.165) is 5.57 Å². The molecule has 0 saturated carbocycles. The third-order valence-electron chi connectivity index (χ3n) is 2.30. The van der Waals surface area contributed by atoms with Crippen molar-refractivity contribution in [2.24, 2.45) is 0 Å². The Balaban J connectivity index is 2.24. The number of hydrogen-bond acceptors (Lipinski definition) is 4. The summed E-state index contributed by atoms with van der Waals surface area (Å²) < 4.78 is 5.23. The number of thioether (sulfide) groups is 1. The molecule has 1 fully saturated rings. The summed E-state index contributed by atoms with van der Waals surface area (Å²) in [7, 11) is 0. The Morgan fingerprint density at radius 2 is 2.33 bits per heavy atom. The van der Waals surface area contributed by atoms with E-state index in [9.17, 15) is 9.59 Å². The fourth-order valence-corrected chi connectivity index (χ4v) is 2.57. The molecule has 1 saturated heterocycles. The molecule has 2 N–H and O–H groups in total. The quantitative estimate of drug-likeness (QED) is 0.552. The van der Waals surface area contributed by atoms with E-state index < -0.39 is 12.0 Å². The van der Waals surface area contributed by atoms with Gasteiger partial charge in [-0.15, -0.1) is 11.8 Å². The minimum Gasteiger partial charge on any atom is -0.480 e. The normalized spacial score (nSPS) is 18.7. The lowest BCUT2D eigenvalue weighted by atomic mass is 10.3. The van der Waals surface area contributed by atoms with Gasteiger partial charge in [-0.1, -0.05) is 12.2 Å². The summed E-state index contributed by atoms with van der Waals surface area (Å²) in [5.74, 6) is -0.113. The van der Waals surface area contributed by atoms with Gasteiger partial charge in [-0.05, 0) is 6.92 Å². The third kappa shape index (κ3) is 4.58. The number of aliphatic carboxylic acids is 1. The number of carbonyl (C=O) groups excluding carboxylic acids is 1. The summed E-state index contributed by atoms with van der Waals surface area (Å²) in [6.07, 6.45) is 0. The van der Waals surface area contributed by atoms with E-state index in [2.05, 4.69) is 11.9 Å². The number of rotatable bonds is 6. The van der Waals surface area contributed by atoms with Gasteiger partial charge >= 0.3 is 12.0 Å². The standard InChI is InChI=1S/C11H18N2O4S/c1-8(2)5-17-4-3-12-11(16)13-7-18-6-9(13)10(14)15/h9H,1,3-7H2,2H3,(H,12,16)(H,14,15). The molecular formula is C11H18N2O4S. The van der Waals surface area contributed by atoms with Crippen molar-refractivity contribution in [3.05, 3.63) is 12.2 Å². The lowest BCUT2D eigenvalue weighted by molar-refractivity contribution is -0.140. The second-order valence-corrected chi connectivity index (χ2v) is 5.07. The molecule has 18 heavy (non-hydrogen) atoms. The molecule has 1 heterocycles. The van der Waals surface area contributed by atoms with Crippen LogP contribution in [0.5, 0.6) is 0 Å². The zero-order valence-electron chi connectivity index (χ0n) is 10.3. The van der Waals surface area contributed by atoms with Gasteiger partial charge in [0.25, 0.3) is 0 Å². The summed E-state index contributed by atoms with van der Waals surface area (Å²) in [5, 5.41) is 11.6. The van der Waals surface area contributed by atoms with Crippen LogP contribution in [0, 0.1) is 0 Å². The SMILES string of the molecule is C=C(C)COCCNC(=O)N1CSCC1C(=O)O. The smallest absolute Gasteiger partial charge is 0.327 e. The first kappa shape index (κ1) is 14.8. The summed E-state index contributed by atoms with van der Waals surface area (Å²) in [4.78, 5) is 23.9. The average molecular weight is 274 g/mol. The van der Waals surface area contributed by atoms with Crippen LogP contribution in [0.4, 0.5) is 4.79 Å². The molecule has 1 unspecified atom stereocenters. The summed E-state index contributed by atoms with van der Waals surface area (Å²) >= 11 is 1.44. The van der Waals surface area contributed by atoms with Crippen LogP contribution in [0.3, 0.4) is 0 Å². The van der Waals surface area contributed by atoms with Crippen molar-refractivity contribution in [1.29, 1.82) is 0 Å². The molecule has 0 bridgehead atoms. The maximum Gasteiger partial charge on any atom is 0.327 e. The molecule has 0 aromatic carbocycles. The summed E-state index contributed by atoms with van der Waals surface area (Å²) in [5.41, 5.74) is 0.920. The molecule has 7 heteroatoms. The molecule has 2 amide bonds. The topological polar surface area (TPSA) is 78.9 Å². The molecule has 1 aliphatic heterocycles. The monoisotopic (exact) mass is 274 g/mol. The van der Waals surface area contributed by atoms with Crippen molar-refractivity contribution < 1.29 is 19.4 Å². The van der Waals surface area contributed by atoms with Gasteiger partial charge < -0.3 is 20.1 Å². The van der Waals surface area contributed by atoms with E-state index in [-0.39, 0.29) is 6.03 Å².